The first-order chi connectivity index (χ1) is 8.38. The van der Waals surface area contributed by atoms with E-state index >= 15 is 0 Å². The van der Waals surface area contributed by atoms with E-state index in [2.05, 4.69) is 0 Å². The maximum absolute atomic E-state index is 12.3. The van der Waals surface area contributed by atoms with Crippen molar-refractivity contribution < 1.29 is 13.7 Å². The third kappa shape index (κ3) is 3.01. The summed E-state index contributed by atoms with van der Waals surface area (Å²) < 4.78 is 17.5. The smallest absolute Gasteiger partial charge is 0.237 e. The lowest BCUT2D eigenvalue weighted by Crippen LogP contribution is -2.34. The van der Waals surface area contributed by atoms with Gasteiger partial charge in [-0.25, -0.2) is 0 Å². The standard InChI is InChI=1S/C12H18N2O3S/c1-8(12(15)14(2)3)18(16)11-6-5-9(13)7-10(11)17-4/h5-8H,13H2,1-4H3. The van der Waals surface area contributed by atoms with E-state index in [0.29, 0.717) is 16.3 Å². The Labute approximate surface area is 109 Å². The van der Waals surface area contributed by atoms with Crippen LogP contribution >= 0.6 is 0 Å². The number of hydrogen-bond donors (Lipinski definition) is 1. The maximum Gasteiger partial charge on any atom is 0.237 e. The molecule has 2 unspecified atom stereocenters. The van der Waals surface area contributed by atoms with Crippen molar-refractivity contribution in [1.29, 1.82) is 0 Å². The Morgan fingerprint density at radius 1 is 1.44 bits per heavy atom. The second-order valence-electron chi connectivity index (χ2n) is 4.08. The Morgan fingerprint density at radius 3 is 2.56 bits per heavy atom. The van der Waals surface area contributed by atoms with E-state index in [9.17, 15) is 9.00 Å². The molecule has 100 valence electrons. The first-order valence-corrected chi connectivity index (χ1v) is 6.65. The Morgan fingerprint density at radius 2 is 2.06 bits per heavy atom. The highest BCUT2D eigenvalue weighted by Crippen LogP contribution is 2.26. The van der Waals surface area contributed by atoms with Gasteiger partial charge in [0.05, 0.1) is 22.8 Å². The van der Waals surface area contributed by atoms with Crippen molar-refractivity contribution in [3.63, 3.8) is 0 Å². The molecule has 0 aliphatic heterocycles. The van der Waals surface area contributed by atoms with E-state index in [1.54, 1.807) is 39.2 Å². The number of carbonyl (C=O) groups excluding carboxylic acids is 1. The fourth-order valence-electron chi connectivity index (χ4n) is 1.50. The fraction of sp³-hybridized carbons (Fsp3) is 0.417. The van der Waals surface area contributed by atoms with Gasteiger partial charge in [-0.15, -0.1) is 0 Å². The predicted molar refractivity (Wildman–Crippen MR) is 72.0 cm³/mol. The number of benzene rings is 1. The molecule has 0 aliphatic carbocycles. The van der Waals surface area contributed by atoms with E-state index in [1.807, 2.05) is 0 Å². The third-order valence-electron chi connectivity index (χ3n) is 2.51. The molecule has 0 fully saturated rings. The number of nitrogen functional groups attached to an aromatic ring is 1. The van der Waals surface area contributed by atoms with Crippen LogP contribution in [0.3, 0.4) is 0 Å². The van der Waals surface area contributed by atoms with Crippen molar-refractivity contribution in [2.75, 3.05) is 26.9 Å². The Bertz CT molecular complexity index is 474. The topological polar surface area (TPSA) is 72.6 Å². The molecule has 0 aliphatic rings. The van der Waals surface area contributed by atoms with Gasteiger partial charge in [0.15, 0.2) is 0 Å². The number of hydrogen-bond acceptors (Lipinski definition) is 4. The van der Waals surface area contributed by atoms with Crippen LogP contribution in [0.1, 0.15) is 6.92 Å². The summed E-state index contributed by atoms with van der Waals surface area (Å²) in [6, 6.07) is 4.87. The lowest BCUT2D eigenvalue weighted by atomic mass is 10.3. The minimum absolute atomic E-state index is 0.188. The molecule has 0 aromatic heterocycles. The maximum atomic E-state index is 12.3. The van der Waals surface area contributed by atoms with Gasteiger partial charge in [-0.2, -0.15) is 0 Å². The van der Waals surface area contributed by atoms with Gasteiger partial charge in [0.1, 0.15) is 11.0 Å². The van der Waals surface area contributed by atoms with Crippen LogP contribution in [-0.2, 0) is 15.6 Å². The first-order valence-electron chi connectivity index (χ1n) is 5.43. The molecular weight excluding hydrogens is 252 g/mol. The number of nitrogens with zero attached hydrogens (tertiary/aromatic N) is 1. The van der Waals surface area contributed by atoms with Crippen LogP contribution in [0, 0.1) is 0 Å². The average molecular weight is 270 g/mol. The molecule has 0 radical (unpaired) electrons. The molecule has 6 heteroatoms. The molecule has 5 nitrogen and oxygen atoms in total. The van der Waals surface area contributed by atoms with E-state index in [4.69, 9.17) is 10.5 Å². The number of carbonyl (C=O) groups is 1. The van der Waals surface area contributed by atoms with Crippen molar-refractivity contribution in [1.82, 2.24) is 4.90 Å². The monoisotopic (exact) mass is 270 g/mol. The van der Waals surface area contributed by atoms with Gasteiger partial charge in [0, 0.05) is 25.8 Å². The molecule has 1 rings (SSSR count). The van der Waals surface area contributed by atoms with Gasteiger partial charge >= 0.3 is 0 Å². The van der Waals surface area contributed by atoms with Gasteiger partial charge in [0.25, 0.3) is 0 Å². The highest BCUT2D eigenvalue weighted by Gasteiger charge is 2.25. The average Bonchev–Trinajstić information content (AvgIpc) is 2.35. The number of methoxy groups -OCH3 is 1. The number of rotatable bonds is 4. The summed E-state index contributed by atoms with van der Waals surface area (Å²) >= 11 is 0. The van der Waals surface area contributed by atoms with Crippen LogP contribution in [0.15, 0.2) is 23.1 Å². The SMILES string of the molecule is COc1cc(N)ccc1S(=O)C(C)C(=O)N(C)C. The van der Waals surface area contributed by atoms with E-state index in [1.165, 1.54) is 12.0 Å². The van der Waals surface area contributed by atoms with Gasteiger partial charge in [0.2, 0.25) is 5.91 Å². The molecule has 0 heterocycles. The number of anilines is 1. The first kappa shape index (κ1) is 14.5. The van der Waals surface area contributed by atoms with Gasteiger partial charge < -0.3 is 15.4 Å². The van der Waals surface area contributed by atoms with E-state index in [-0.39, 0.29) is 5.91 Å². The molecule has 2 N–H and O–H groups in total. The van der Waals surface area contributed by atoms with E-state index < -0.39 is 16.0 Å². The molecule has 0 bridgehead atoms. The summed E-state index contributed by atoms with van der Waals surface area (Å²) in [4.78, 5) is 13.7. The lowest BCUT2D eigenvalue weighted by molar-refractivity contribution is -0.127. The summed E-state index contributed by atoms with van der Waals surface area (Å²) in [5.74, 6) is 0.249. The number of nitrogens with two attached hydrogens (primary N) is 1. The van der Waals surface area contributed by atoms with Gasteiger partial charge in [-0.1, -0.05) is 0 Å². The minimum atomic E-state index is -1.47. The molecule has 1 aromatic rings. The van der Waals surface area contributed by atoms with Gasteiger partial charge in [-0.3, -0.25) is 9.00 Å². The highest BCUT2D eigenvalue weighted by atomic mass is 32.2. The summed E-state index contributed by atoms with van der Waals surface area (Å²) in [5, 5.41) is -0.627. The van der Waals surface area contributed by atoms with Crippen LogP contribution in [0.4, 0.5) is 5.69 Å². The van der Waals surface area contributed by atoms with Crippen molar-refractivity contribution >= 4 is 22.4 Å². The summed E-state index contributed by atoms with van der Waals surface area (Å²) in [6.07, 6.45) is 0. The zero-order valence-corrected chi connectivity index (χ0v) is 11.8. The van der Waals surface area contributed by atoms with Crippen molar-refractivity contribution in [3.8, 4) is 5.75 Å². The third-order valence-corrected chi connectivity index (χ3v) is 4.13. The van der Waals surface area contributed by atoms with Gasteiger partial charge in [-0.05, 0) is 19.1 Å². The Balaban J connectivity index is 3.07. The Kier molecular flexibility index (Phi) is 4.72. The molecule has 0 saturated carbocycles. The number of ether oxygens (including phenoxy) is 1. The van der Waals surface area contributed by atoms with E-state index in [0.717, 1.165) is 0 Å². The lowest BCUT2D eigenvalue weighted by Gasteiger charge is -2.17. The quantitative estimate of drug-likeness (QED) is 0.824. The molecule has 0 saturated heterocycles. The fourth-order valence-corrected chi connectivity index (χ4v) is 2.81. The molecule has 18 heavy (non-hydrogen) atoms. The number of amides is 1. The van der Waals surface area contributed by atoms with Crippen LogP contribution in [-0.4, -0.2) is 41.5 Å². The van der Waals surface area contributed by atoms with Crippen LogP contribution in [0.25, 0.3) is 0 Å². The molecular formula is C12H18N2O3S. The minimum Gasteiger partial charge on any atom is -0.495 e. The second-order valence-corrected chi connectivity index (χ2v) is 5.82. The van der Waals surface area contributed by atoms with Crippen molar-refractivity contribution in [2.24, 2.45) is 0 Å². The van der Waals surface area contributed by atoms with Crippen molar-refractivity contribution in [2.45, 2.75) is 17.1 Å². The molecule has 1 amide bonds. The zero-order chi connectivity index (χ0) is 13.9. The summed E-state index contributed by atoms with van der Waals surface area (Å²) in [7, 11) is 3.28. The highest BCUT2D eigenvalue weighted by molar-refractivity contribution is 7.86. The summed E-state index contributed by atoms with van der Waals surface area (Å²) in [5.41, 5.74) is 6.16. The molecule has 2 atom stereocenters. The molecule has 1 aromatic carbocycles. The van der Waals surface area contributed by atoms with Crippen molar-refractivity contribution in [3.05, 3.63) is 18.2 Å². The second kappa shape index (κ2) is 5.86. The van der Waals surface area contributed by atoms with Crippen LogP contribution < -0.4 is 10.5 Å². The predicted octanol–water partition coefficient (Wildman–Crippen LogP) is 0.862. The Hall–Kier alpha value is -1.56. The normalized spacial score (nSPS) is 13.8. The van der Waals surface area contributed by atoms with Crippen LogP contribution in [0.5, 0.6) is 5.75 Å². The zero-order valence-electron chi connectivity index (χ0n) is 11.0. The van der Waals surface area contributed by atoms with Crippen LogP contribution in [0.2, 0.25) is 0 Å². The summed E-state index contributed by atoms with van der Waals surface area (Å²) in [6.45, 7) is 1.63. The largest absolute Gasteiger partial charge is 0.495 e. The molecule has 0 spiro atoms.